The van der Waals surface area contributed by atoms with Gasteiger partial charge in [0.1, 0.15) is 0 Å². The van der Waals surface area contributed by atoms with Gasteiger partial charge in [0.05, 0.1) is 19.6 Å². The summed E-state index contributed by atoms with van der Waals surface area (Å²) in [5.41, 5.74) is 2.35. The van der Waals surface area contributed by atoms with Crippen LogP contribution in [0.5, 0.6) is 0 Å². The number of aryl methyl sites for hydroxylation is 2. The first-order chi connectivity index (χ1) is 13.7. The number of hydrogen-bond acceptors (Lipinski definition) is 4. The highest BCUT2D eigenvalue weighted by Gasteiger charge is 2.37. The van der Waals surface area contributed by atoms with Gasteiger partial charge in [0.2, 0.25) is 19.7 Å². The third-order valence-electron chi connectivity index (χ3n) is 5.25. The lowest BCUT2D eigenvalue weighted by Crippen LogP contribution is -2.11. The molecule has 1 aliphatic rings. The Kier molecular flexibility index (Phi) is 4.87. The second-order valence-corrected chi connectivity index (χ2v) is 11.4. The van der Waals surface area contributed by atoms with Gasteiger partial charge in [-0.15, -0.1) is 0 Å². The maximum Gasteiger partial charge on any atom is 0.206 e. The van der Waals surface area contributed by atoms with Gasteiger partial charge >= 0.3 is 0 Å². The lowest BCUT2D eigenvalue weighted by Gasteiger charge is -2.16. The molecule has 0 aliphatic heterocycles. The van der Waals surface area contributed by atoms with Gasteiger partial charge < -0.3 is 0 Å². The van der Waals surface area contributed by atoms with E-state index in [4.69, 9.17) is 0 Å². The summed E-state index contributed by atoms with van der Waals surface area (Å²) in [6, 6.07) is 17.8. The van der Waals surface area contributed by atoms with E-state index < -0.39 is 19.7 Å². The summed E-state index contributed by atoms with van der Waals surface area (Å²) < 4.78 is 53.5. The van der Waals surface area contributed by atoms with Crippen LogP contribution in [0.25, 0.3) is 0 Å². The minimum atomic E-state index is -3.83. The highest BCUT2D eigenvalue weighted by molar-refractivity contribution is 7.92. The van der Waals surface area contributed by atoms with Crippen molar-refractivity contribution in [2.24, 2.45) is 0 Å². The molecule has 4 nitrogen and oxygen atoms in total. The maximum atomic E-state index is 13.4. The molecule has 1 saturated carbocycles. The minimum Gasteiger partial charge on any atom is -0.219 e. The van der Waals surface area contributed by atoms with Crippen molar-refractivity contribution >= 4 is 19.7 Å². The number of hydrogen-bond donors (Lipinski definition) is 0. The molecule has 150 valence electrons. The molecule has 6 heteroatoms. The molecule has 0 amide bonds. The molecule has 0 atom stereocenters. The Bertz CT molecular complexity index is 1170. The molecule has 4 rings (SSSR count). The summed E-state index contributed by atoms with van der Waals surface area (Å²) in [6.07, 6.45) is 1.58. The van der Waals surface area contributed by atoms with Gasteiger partial charge in [0, 0.05) is 0 Å². The molecular weight excluding hydrogens is 404 g/mol. The van der Waals surface area contributed by atoms with Crippen molar-refractivity contribution in [3.63, 3.8) is 0 Å². The Morgan fingerprint density at radius 1 is 0.621 bits per heavy atom. The van der Waals surface area contributed by atoms with Gasteiger partial charge in [-0.2, -0.15) is 0 Å². The van der Waals surface area contributed by atoms with Crippen molar-refractivity contribution in [3.05, 3.63) is 83.4 Å². The van der Waals surface area contributed by atoms with Crippen LogP contribution in [0.15, 0.2) is 86.3 Å². The molecule has 1 fully saturated rings. The predicted octanol–water partition coefficient (Wildman–Crippen LogP) is 4.85. The zero-order valence-corrected chi connectivity index (χ0v) is 17.9. The molecular formula is C23H22O4S2. The van der Waals surface area contributed by atoms with Gasteiger partial charge in [-0.25, -0.2) is 16.8 Å². The first-order valence-electron chi connectivity index (χ1n) is 9.48. The Balaban J connectivity index is 1.92. The van der Waals surface area contributed by atoms with Crippen LogP contribution in [0.4, 0.5) is 0 Å². The number of sulfone groups is 2. The Morgan fingerprint density at radius 2 is 1.00 bits per heavy atom. The van der Waals surface area contributed by atoms with Crippen LogP contribution in [0.3, 0.4) is 0 Å². The van der Waals surface area contributed by atoms with Gasteiger partial charge in [-0.3, -0.25) is 0 Å². The number of rotatable bonds is 5. The Labute approximate surface area is 172 Å². The second kappa shape index (κ2) is 7.11. The molecule has 3 aromatic rings. The van der Waals surface area contributed by atoms with E-state index in [1.807, 2.05) is 13.8 Å². The van der Waals surface area contributed by atoms with Crippen molar-refractivity contribution in [3.8, 4) is 0 Å². The quantitative estimate of drug-likeness (QED) is 0.585. The minimum absolute atomic E-state index is 0.0540. The zero-order valence-electron chi connectivity index (χ0n) is 16.3. The monoisotopic (exact) mass is 426 g/mol. The SMILES string of the molecule is Cc1ccc(S(=O)(=O)c2cccc(S(=O)(=O)c3ccc(C)cc3)c2C2CC2)cc1. The molecule has 1 aliphatic carbocycles. The van der Waals surface area contributed by atoms with E-state index in [1.54, 1.807) is 48.5 Å². The fourth-order valence-corrected chi connectivity index (χ4v) is 6.66. The fourth-order valence-electron chi connectivity index (χ4n) is 3.46. The molecule has 0 aromatic heterocycles. The first kappa shape index (κ1) is 19.9. The van der Waals surface area contributed by atoms with Crippen molar-refractivity contribution in [1.82, 2.24) is 0 Å². The van der Waals surface area contributed by atoms with E-state index in [-0.39, 0.29) is 25.5 Å². The fraction of sp³-hybridized carbons (Fsp3) is 0.217. The van der Waals surface area contributed by atoms with Crippen LogP contribution in [0.2, 0.25) is 0 Å². The molecule has 0 spiro atoms. The largest absolute Gasteiger partial charge is 0.219 e. The molecule has 0 saturated heterocycles. The summed E-state index contributed by atoms with van der Waals surface area (Å²) in [6.45, 7) is 3.78. The molecule has 3 aromatic carbocycles. The highest BCUT2D eigenvalue weighted by atomic mass is 32.2. The third-order valence-corrected chi connectivity index (χ3v) is 8.91. The van der Waals surface area contributed by atoms with E-state index in [9.17, 15) is 16.8 Å². The summed E-state index contributed by atoms with van der Waals surface area (Å²) in [7, 11) is -7.66. The van der Waals surface area contributed by atoms with Gasteiger partial charge in [-0.05, 0) is 74.6 Å². The van der Waals surface area contributed by atoms with Gasteiger partial charge in [-0.1, -0.05) is 41.5 Å². The normalized spacial score (nSPS) is 14.7. The summed E-state index contributed by atoms with van der Waals surface area (Å²) in [4.78, 5) is 0.541. The average molecular weight is 427 g/mol. The third kappa shape index (κ3) is 3.63. The van der Waals surface area contributed by atoms with Gasteiger partial charge in [0.25, 0.3) is 0 Å². The van der Waals surface area contributed by atoms with E-state index in [0.29, 0.717) is 5.56 Å². The van der Waals surface area contributed by atoms with Crippen LogP contribution in [-0.2, 0) is 19.7 Å². The van der Waals surface area contributed by atoms with Crippen LogP contribution < -0.4 is 0 Å². The van der Waals surface area contributed by atoms with Crippen molar-refractivity contribution < 1.29 is 16.8 Å². The zero-order chi connectivity index (χ0) is 20.8. The maximum absolute atomic E-state index is 13.4. The van der Waals surface area contributed by atoms with Crippen LogP contribution >= 0.6 is 0 Å². The molecule has 0 N–H and O–H groups in total. The Hall–Kier alpha value is -2.44. The van der Waals surface area contributed by atoms with Crippen molar-refractivity contribution in [1.29, 1.82) is 0 Å². The lowest BCUT2D eigenvalue weighted by atomic mass is 10.1. The van der Waals surface area contributed by atoms with Gasteiger partial charge in [0.15, 0.2) is 0 Å². The van der Waals surface area contributed by atoms with E-state index in [1.165, 1.54) is 18.2 Å². The smallest absolute Gasteiger partial charge is 0.206 e. The van der Waals surface area contributed by atoms with Crippen LogP contribution in [-0.4, -0.2) is 16.8 Å². The van der Waals surface area contributed by atoms with Crippen LogP contribution in [0.1, 0.15) is 35.4 Å². The predicted molar refractivity (Wildman–Crippen MR) is 112 cm³/mol. The molecule has 0 heterocycles. The molecule has 0 unspecified atom stereocenters. The topological polar surface area (TPSA) is 68.3 Å². The van der Waals surface area contributed by atoms with E-state index in [2.05, 4.69) is 0 Å². The Morgan fingerprint density at radius 3 is 1.34 bits per heavy atom. The standard InChI is InChI=1S/C23H22O4S2/c1-16-6-12-19(13-7-16)28(24,25)21-4-3-5-22(23(21)18-10-11-18)29(26,27)20-14-8-17(2)9-15-20/h3-9,12-15,18H,10-11H2,1-2H3. The number of benzene rings is 3. The summed E-state index contributed by atoms with van der Waals surface area (Å²) in [5, 5.41) is 0. The first-order valence-corrected chi connectivity index (χ1v) is 12.4. The lowest BCUT2D eigenvalue weighted by molar-refractivity contribution is 0.591. The van der Waals surface area contributed by atoms with E-state index >= 15 is 0 Å². The average Bonchev–Trinajstić information content (AvgIpc) is 3.53. The summed E-state index contributed by atoms with van der Waals surface area (Å²) in [5.74, 6) is -0.0540. The molecule has 0 bridgehead atoms. The molecule has 0 radical (unpaired) electrons. The van der Waals surface area contributed by atoms with Crippen molar-refractivity contribution in [2.45, 2.75) is 52.2 Å². The second-order valence-electron chi connectivity index (χ2n) is 7.58. The molecule has 29 heavy (non-hydrogen) atoms. The highest BCUT2D eigenvalue weighted by Crippen LogP contribution is 2.47. The summed E-state index contributed by atoms with van der Waals surface area (Å²) >= 11 is 0. The van der Waals surface area contributed by atoms with Crippen LogP contribution in [0, 0.1) is 13.8 Å². The van der Waals surface area contributed by atoms with Crippen molar-refractivity contribution in [2.75, 3.05) is 0 Å². The van der Waals surface area contributed by atoms with E-state index in [0.717, 1.165) is 24.0 Å².